The highest BCUT2D eigenvalue weighted by Crippen LogP contribution is 2.21. The Bertz CT molecular complexity index is 869. The van der Waals surface area contributed by atoms with Crippen molar-refractivity contribution in [3.63, 3.8) is 0 Å². The summed E-state index contributed by atoms with van der Waals surface area (Å²) in [4.78, 5) is 12.3. The molecule has 0 aliphatic heterocycles. The summed E-state index contributed by atoms with van der Waals surface area (Å²) in [7, 11) is -2.37. The molecular formula is C15H14ClFN2O3S. The first-order valence-corrected chi connectivity index (χ1v) is 8.41. The van der Waals surface area contributed by atoms with Crippen LogP contribution >= 0.6 is 11.6 Å². The van der Waals surface area contributed by atoms with Gasteiger partial charge >= 0.3 is 0 Å². The Hall–Kier alpha value is -1.96. The maximum atomic E-state index is 13.1. The molecule has 2 aromatic carbocycles. The van der Waals surface area contributed by atoms with Crippen LogP contribution in [0.25, 0.3) is 0 Å². The molecule has 0 saturated heterocycles. The molecule has 122 valence electrons. The van der Waals surface area contributed by atoms with Gasteiger partial charge in [-0.2, -0.15) is 0 Å². The van der Waals surface area contributed by atoms with Gasteiger partial charge in [-0.1, -0.05) is 17.7 Å². The molecule has 0 bridgehead atoms. The standard InChI is InChI=1S/C15H14ClFN2O3S/c1-9-3-5-11(23(21,22)18-2)8-12(9)15(20)19-10-4-6-14(17)13(16)7-10/h3-8,18H,1-2H3,(H,19,20). The maximum absolute atomic E-state index is 13.1. The van der Waals surface area contributed by atoms with Crippen molar-refractivity contribution in [3.05, 3.63) is 58.4 Å². The summed E-state index contributed by atoms with van der Waals surface area (Å²) < 4.78 is 39.0. The highest BCUT2D eigenvalue weighted by atomic mass is 35.5. The molecule has 0 aliphatic carbocycles. The lowest BCUT2D eigenvalue weighted by Crippen LogP contribution is -2.20. The monoisotopic (exact) mass is 356 g/mol. The van der Waals surface area contributed by atoms with Crippen LogP contribution in [0.3, 0.4) is 0 Å². The molecule has 0 aliphatic rings. The fraction of sp³-hybridized carbons (Fsp3) is 0.133. The van der Waals surface area contributed by atoms with E-state index < -0.39 is 21.7 Å². The number of sulfonamides is 1. The second-order valence-electron chi connectivity index (χ2n) is 4.77. The van der Waals surface area contributed by atoms with Crippen LogP contribution in [-0.2, 0) is 10.0 Å². The average Bonchev–Trinajstić information content (AvgIpc) is 2.51. The second-order valence-corrected chi connectivity index (χ2v) is 7.06. The van der Waals surface area contributed by atoms with Crippen molar-refractivity contribution < 1.29 is 17.6 Å². The molecule has 0 spiro atoms. The largest absolute Gasteiger partial charge is 0.322 e. The average molecular weight is 357 g/mol. The van der Waals surface area contributed by atoms with Crippen molar-refractivity contribution in [3.8, 4) is 0 Å². The summed E-state index contributed by atoms with van der Waals surface area (Å²) in [6, 6.07) is 8.00. The molecule has 5 nitrogen and oxygen atoms in total. The van der Waals surface area contributed by atoms with Gasteiger partial charge in [-0.05, 0) is 49.9 Å². The van der Waals surface area contributed by atoms with E-state index in [1.807, 2.05) is 0 Å². The van der Waals surface area contributed by atoms with Crippen molar-refractivity contribution in [2.24, 2.45) is 0 Å². The van der Waals surface area contributed by atoms with Gasteiger partial charge in [-0.15, -0.1) is 0 Å². The molecule has 0 fully saturated rings. The molecule has 2 aromatic rings. The number of rotatable bonds is 4. The Labute approximate surface area is 138 Å². The summed E-state index contributed by atoms with van der Waals surface area (Å²) in [5.41, 5.74) is 1.11. The molecule has 23 heavy (non-hydrogen) atoms. The van der Waals surface area contributed by atoms with Gasteiger partial charge in [-0.25, -0.2) is 17.5 Å². The molecule has 0 radical (unpaired) electrons. The van der Waals surface area contributed by atoms with Crippen LogP contribution in [-0.4, -0.2) is 21.4 Å². The zero-order valence-corrected chi connectivity index (χ0v) is 13.9. The zero-order valence-electron chi connectivity index (χ0n) is 12.4. The van der Waals surface area contributed by atoms with Gasteiger partial charge in [0.25, 0.3) is 5.91 Å². The predicted octanol–water partition coefficient (Wildman–Crippen LogP) is 2.95. The molecule has 0 saturated carbocycles. The summed E-state index contributed by atoms with van der Waals surface area (Å²) in [5, 5.41) is 2.44. The quantitative estimate of drug-likeness (QED) is 0.884. The Morgan fingerprint density at radius 1 is 1.17 bits per heavy atom. The van der Waals surface area contributed by atoms with Crippen LogP contribution in [0.5, 0.6) is 0 Å². The Balaban J connectivity index is 2.35. The third-order valence-corrected chi connectivity index (χ3v) is 4.91. The Morgan fingerprint density at radius 3 is 2.48 bits per heavy atom. The van der Waals surface area contributed by atoms with Gasteiger partial charge in [0.15, 0.2) is 0 Å². The molecular weight excluding hydrogens is 343 g/mol. The lowest BCUT2D eigenvalue weighted by Gasteiger charge is -2.10. The first-order chi connectivity index (χ1) is 10.7. The van der Waals surface area contributed by atoms with Crippen LogP contribution in [0.15, 0.2) is 41.3 Å². The minimum absolute atomic E-state index is 0.0205. The fourth-order valence-corrected chi connectivity index (χ4v) is 2.84. The molecule has 0 aromatic heterocycles. The number of carbonyl (C=O) groups excluding carboxylic acids is 1. The van der Waals surface area contributed by atoms with E-state index in [1.54, 1.807) is 6.92 Å². The maximum Gasteiger partial charge on any atom is 0.255 e. The van der Waals surface area contributed by atoms with E-state index in [4.69, 9.17) is 11.6 Å². The third-order valence-electron chi connectivity index (χ3n) is 3.21. The number of carbonyl (C=O) groups is 1. The molecule has 0 heterocycles. The fourth-order valence-electron chi connectivity index (χ4n) is 1.90. The predicted molar refractivity (Wildman–Crippen MR) is 86.8 cm³/mol. The number of halogens is 2. The molecule has 2 rings (SSSR count). The number of benzene rings is 2. The lowest BCUT2D eigenvalue weighted by atomic mass is 10.1. The summed E-state index contributed by atoms with van der Waals surface area (Å²) >= 11 is 5.66. The van der Waals surface area contributed by atoms with E-state index in [2.05, 4.69) is 10.0 Å². The summed E-state index contributed by atoms with van der Waals surface area (Å²) in [6.07, 6.45) is 0. The Kier molecular flexibility index (Phi) is 5.03. The van der Waals surface area contributed by atoms with Gasteiger partial charge in [0, 0.05) is 11.3 Å². The number of amides is 1. The number of anilines is 1. The number of aryl methyl sites for hydroxylation is 1. The minimum atomic E-state index is -3.66. The van der Waals surface area contributed by atoms with E-state index in [9.17, 15) is 17.6 Å². The summed E-state index contributed by atoms with van der Waals surface area (Å²) in [5.74, 6) is -1.11. The van der Waals surface area contributed by atoms with Crippen LogP contribution < -0.4 is 10.0 Å². The number of hydrogen-bond donors (Lipinski definition) is 2. The summed E-state index contributed by atoms with van der Waals surface area (Å²) in [6.45, 7) is 1.68. The highest BCUT2D eigenvalue weighted by molar-refractivity contribution is 7.89. The second kappa shape index (κ2) is 6.66. The van der Waals surface area contributed by atoms with E-state index >= 15 is 0 Å². The van der Waals surface area contributed by atoms with Gasteiger partial charge in [0.05, 0.1) is 9.92 Å². The van der Waals surface area contributed by atoms with Crippen LogP contribution in [0.1, 0.15) is 15.9 Å². The number of nitrogens with one attached hydrogen (secondary N) is 2. The van der Waals surface area contributed by atoms with Crippen LogP contribution in [0, 0.1) is 12.7 Å². The van der Waals surface area contributed by atoms with Crippen LogP contribution in [0.4, 0.5) is 10.1 Å². The first kappa shape index (κ1) is 17.4. The van der Waals surface area contributed by atoms with Crippen molar-refractivity contribution in [2.45, 2.75) is 11.8 Å². The van der Waals surface area contributed by atoms with Crippen molar-refractivity contribution >= 4 is 33.2 Å². The van der Waals surface area contributed by atoms with Crippen molar-refractivity contribution in [2.75, 3.05) is 12.4 Å². The topological polar surface area (TPSA) is 75.3 Å². The molecule has 0 unspecified atom stereocenters. The van der Waals surface area contributed by atoms with Crippen molar-refractivity contribution in [1.29, 1.82) is 0 Å². The first-order valence-electron chi connectivity index (χ1n) is 6.55. The van der Waals surface area contributed by atoms with Gasteiger partial charge in [0.1, 0.15) is 5.82 Å². The normalized spacial score (nSPS) is 11.3. The minimum Gasteiger partial charge on any atom is -0.322 e. The van der Waals surface area contributed by atoms with E-state index in [1.165, 1.54) is 37.4 Å². The van der Waals surface area contributed by atoms with Gasteiger partial charge in [0.2, 0.25) is 10.0 Å². The van der Waals surface area contributed by atoms with Crippen molar-refractivity contribution in [1.82, 2.24) is 4.72 Å². The van der Waals surface area contributed by atoms with E-state index in [0.717, 1.165) is 6.07 Å². The highest BCUT2D eigenvalue weighted by Gasteiger charge is 2.17. The molecule has 1 amide bonds. The lowest BCUT2D eigenvalue weighted by molar-refractivity contribution is 0.102. The molecule has 8 heteroatoms. The smallest absolute Gasteiger partial charge is 0.255 e. The zero-order chi connectivity index (χ0) is 17.2. The molecule has 0 atom stereocenters. The number of hydrogen-bond acceptors (Lipinski definition) is 3. The van der Waals surface area contributed by atoms with Crippen LogP contribution in [0.2, 0.25) is 5.02 Å². The third kappa shape index (κ3) is 3.87. The van der Waals surface area contributed by atoms with Gasteiger partial charge < -0.3 is 5.32 Å². The van der Waals surface area contributed by atoms with E-state index in [-0.39, 0.29) is 15.5 Å². The van der Waals surface area contributed by atoms with Gasteiger partial charge in [-0.3, -0.25) is 4.79 Å². The van der Waals surface area contributed by atoms with E-state index in [0.29, 0.717) is 11.3 Å². The molecule has 2 N–H and O–H groups in total. The SMILES string of the molecule is CNS(=O)(=O)c1ccc(C)c(C(=O)Nc2ccc(F)c(Cl)c2)c1. The Morgan fingerprint density at radius 2 is 1.87 bits per heavy atom.